The summed E-state index contributed by atoms with van der Waals surface area (Å²) in [5.74, 6) is 0.609. The number of halogens is 1. The van der Waals surface area contributed by atoms with Gasteiger partial charge in [-0.2, -0.15) is 5.26 Å². The van der Waals surface area contributed by atoms with Crippen LogP contribution in [0.5, 0.6) is 5.75 Å². The Morgan fingerprint density at radius 3 is 2.43 bits per heavy atom. The molecule has 0 fully saturated rings. The zero-order valence-electron chi connectivity index (χ0n) is 12.3. The molecule has 3 nitrogen and oxygen atoms in total. The third kappa shape index (κ3) is 3.56. The van der Waals surface area contributed by atoms with Gasteiger partial charge in [0.2, 0.25) is 0 Å². The van der Waals surface area contributed by atoms with Crippen LogP contribution in [0.1, 0.15) is 22.3 Å². The summed E-state index contributed by atoms with van der Waals surface area (Å²) >= 11 is 3.50. The number of aryl methyl sites for hydroxylation is 2. The lowest BCUT2D eigenvalue weighted by molar-refractivity contribution is 0.413. The van der Waals surface area contributed by atoms with Crippen LogP contribution in [0.15, 0.2) is 34.8 Å². The molecule has 0 bridgehead atoms. The van der Waals surface area contributed by atoms with E-state index >= 15 is 0 Å². The minimum absolute atomic E-state index is 0.557. The van der Waals surface area contributed by atoms with Crippen molar-refractivity contribution in [2.45, 2.75) is 20.4 Å². The number of hydrogen-bond donors (Lipinski definition) is 1. The van der Waals surface area contributed by atoms with Crippen molar-refractivity contribution in [3.05, 3.63) is 57.1 Å². The first-order valence-corrected chi connectivity index (χ1v) is 7.42. The van der Waals surface area contributed by atoms with Crippen LogP contribution in [0.2, 0.25) is 0 Å². The maximum absolute atomic E-state index is 9.12. The van der Waals surface area contributed by atoms with Crippen molar-refractivity contribution in [3.8, 4) is 11.8 Å². The summed E-state index contributed by atoms with van der Waals surface area (Å²) in [6.07, 6.45) is 0. The molecule has 0 unspecified atom stereocenters. The van der Waals surface area contributed by atoms with Crippen molar-refractivity contribution in [3.63, 3.8) is 0 Å². The molecule has 0 atom stereocenters. The van der Waals surface area contributed by atoms with Crippen molar-refractivity contribution >= 4 is 21.6 Å². The number of nitriles is 1. The smallest absolute Gasteiger partial charge is 0.136 e. The summed E-state index contributed by atoms with van der Waals surface area (Å²) < 4.78 is 6.24. The molecule has 0 aromatic heterocycles. The molecule has 108 valence electrons. The van der Waals surface area contributed by atoms with E-state index in [-0.39, 0.29) is 0 Å². The summed E-state index contributed by atoms with van der Waals surface area (Å²) in [6.45, 7) is 4.83. The quantitative estimate of drug-likeness (QED) is 0.884. The number of ether oxygens (including phenoxy) is 1. The van der Waals surface area contributed by atoms with Gasteiger partial charge in [0.25, 0.3) is 0 Å². The fraction of sp³-hybridized carbons (Fsp3) is 0.235. The number of rotatable bonds is 4. The lowest BCUT2D eigenvalue weighted by Crippen LogP contribution is -2.03. The molecule has 0 aliphatic rings. The fourth-order valence-corrected chi connectivity index (χ4v) is 3.02. The van der Waals surface area contributed by atoms with E-state index in [1.165, 1.54) is 11.1 Å². The van der Waals surface area contributed by atoms with Crippen molar-refractivity contribution < 1.29 is 4.74 Å². The van der Waals surface area contributed by atoms with Gasteiger partial charge in [-0.3, -0.25) is 0 Å². The van der Waals surface area contributed by atoms with Crippen LogP contribution in [-0.2, 0) is 6.54 Å². The molecule has 2 aromatic carbocycles. The normalized spacial score (nSPS) is 10.0. The van der Waals surface area contributed by atoms with E-state index in [4.69, 9.17) is 10.00 Å². The molecule has 0 aliphatic carbocycles. The first kappa shape index (κ1) is 15.4. The number of benzene rings is 2. The molecule has 0 amide bonds. The van der Waals surface area contributed by atoms with Crippen molar-refractivity contribution in [2.24, 2.45) is 0 Å². The summed E-state index contributed by atoms with van der Waals surface area (Å²) in [6, 6.07) is 12.0. The topological polar surface area (TPSA) is 45.0 Å². The van der Waals surface area contributed by atoms with Crippen LogP contribution in [0.25, 0.3) is 0 Å². The molecule has 2 aromatic rings. The molecule has 4 heteroatoms. The Morgan fingerprint density at radius 1 is 1.19 bits per heavy atom. The maximum Gasteiger partial charge on any atom is 0.136 e. The average Bonchev–Trinajstić information content (AvgIpc) is 2.45. The number of nitrogens with one attached hydrogen (secondary N) is 1. The van der Waals surface area contributed by atoms with Gasteiger partial charge in [0.1, 0.15) is 11.8 Å². The second-order valence-electron chi connectivity index (χ2n) is 4.91. The van der Waals surface area contributed by atoms with E-state index in [0.717, 1.165) is 15.7 Å². The van der Waals surface area contributed by atoms with Crippen LogP contribution >= 0.6 is 15.9 Å². The van der Waals surface area contributed by atoms with Gasteiger partial charge in [0.15, 0.2) is 0 Å². The van der Waals surface area contributed by atoms with Crippen LogP contribution in [-0.4, -0.2) is 7.11 Å². The van der Waals surface area contributed by atoms with Gasteiger partial charge in [-0.05, 0) is 54.8 Å². The molecular formula is C17H17BrN2O. The Balaban J connectivity index is 2.19. The number of hydrogen-bond acceptors (Lipinski definition) is 3. The first-order valence-electron chi connectivity index (χ1n) is 6.62. The summed E-state index contributed by atoms with van der Waals surface area (Å²) in [7, 11) is 1.57. The van der Waals surface area contributed by atoms with Gasteiger partial charge >= 0.3 is 0 Å². The maximum atomic E-state index is 9.12. The molecule has 0 saturated carbocycles. The number of anilines is 1. The van der Waals surface area contributed by atoms with Gasteiger partial charge in [-0.15, -0.1) is 0 Å². The Morgan fingerprint density at radius 2 is 1.86 bits per heavy atom. The van der Waals surface area contributed by atoms with Crippen LogP contribution in [0.3, 0.4) is 0 Å². The van der Waals surface area contributed by atoms with E-state index < -0.39 is 0 Å². The molecule has 0 radical (unpaired) electrons. The largest absolute Gasteiger partial charge is 0.495 e. The standard InChI is InChI=1S/C17H17BrN2O/c1-11-6-15(18)7-12(2)17(11)20-10-13-4-5-16(21-3)14(8-13)9-19/h4-8,20H,10H2,1-3H3. The Hall–Kier alpha value is -1.99. The van der Waals surface area contributed by atoms with Crippen LogP contribution in [0.4, 0.5) is 5.69 Å². The molecule has 0 spiro atoms. The molecule has 0 saturated heterocycles. The third-order valence-corrected chi connectivity index (χ3v) is 3.81. The SMILES string of the molecule is COc1ccc(CNc2c(C)cc(Br)cc2C)cc1C#N. The molecule has 2 rings (SSSR count). The molecule has 21 heavy (non-hydrogen) atoms. The fourth-order valence-electron chi connectivity index (χ4n) is 2.33. The zero-order chi connectivity index (χ0) is 15.4. The highest BCUT2D eigenvalue weighted by Gasteiger charge is 2.06. The monoisotopic (exact) mass is 344 g/mol. The predicted octanol–water partition coefficient (Wildman–Crippen LogP) is 4.56. The molecule has 0 aliphatic heterocycles. The second-order valence-corrected chi connectivity index (χ2v) is 5.83. The highest BCUT2D eigenvalue weighted by molar-refractivity contribution is 9.10. The van der Waals surface area contributed by atoms with Gasteiger partial charge in [0, 0.05) is 16.7 Å². The second kappa shape index (κ2) is 6.64. The highest BCUT2D eigenvalue weighted by atomic mass is 79.9. The zero-order valence-corrected chi connectivity index (χ0v) is 13.9. The summed E-state index contributed by atoms with van der Waals surface area (Å²) in [4.78, 5) is 0. The lowest BCUT2D eigenvalue weighted by Gasteiger charge is -2.14. The van der Waals surface area contributed by atoms with E-state index in [1.807, 2.05) is 18.2 Å². The minimum Gasteiger partial charge on any atom is -0.495 e. The summed E-state index contributed by atoms with van der Waals surface area (Å²) in [5, 5.41) is 12.6. The van der Waals surface area contributed by atoms with E-state index in [2.05, 4.69) is 53.3 Å². The van der Waals surface area contributed by atoms with Gasteiger partial charge in [0.05, 0.1) is 12.7 Å². The highest BCUT2D eigenvalue weighted by Crippen LogP contribution is 2.26. The molecule has 0 heterocycles. The van der Waals surface area contributed by atoms with Gasteiger partial charge in [-0.1, -0.05) is 22.0 Å². The van der Waals surface area contributed by atoms with Crippen molar-refractivity contribution in [1.29, 1.82) is 5.26 Å². The number of nitrogens with zero attached hydrogens (tertiary/aromatic N) is 1. The summed E-state index contributed by atoms with van der Waals surface area (Å²) in [5.41, 5.74) is 5.12. The van der Waals surface area contributed by atoms with E-state index in [9.17, 15) is 0 Å². The predicted molar refractivity (Wildman–Crippen MR) is 88.7 cm³/mol. The van der Waals surface area contributed by atoms with Crippen molar-refractivity contribution in [1.82, 2.24) is 0 Å². The Bertz CT molecular complexity index is 681. The Labute approximate surface area is 133 Å². The lowest BCUT2D eigenvalue weighted by atomic mass is 10.1. The van der Waals surface area contributed by atoms with E-state index in [1.54, 1.807) is 7.11 Å². The minimum atomic E-state index is 0.557. The van der Waals surface area contributed by atoms with Crippen molar-refractivity contribution in [2.75, 3.05) is 12.4 Å². The number of methoxy groups -OCH3 is 1. The van der Waals surface area contributed by atoms with Crippen LogP contribution < -0.4 is 10.1 Å². The van der Waals surface area contributed by atoms with E-state index in [0.29, 0.717) is 17.9 Å². The van der Waals surface area contributed by atoms with Crippen LogP contribution in [0, 0.1) is 25.2 Å². The average molecular weight is 345 g/mol. The molecule has 1 N–H and O–H groups in total. The van der Waals surface area contributed by atoms with Gasteiger partial charge < -0.3 is 10.1 Å². The Kier molecular flexibility index (Phi) is 4.87. The van der Waals surface area contributed by atoms with Gasteiger partial charge in [-0.25, -0.2) is 0 Å². The molecular weight excluding hydrogens is 328 g/mol. The first-order chi connectivity index (χ1) is 10.0. The third-order valence-electron chi connectivity index (χ3n) is 3.35.